The largest absolute Gasteiger partial charge is 0.337 e. The van der Waals surface area contributed by atoms with Gasteiger partial charge in [-0.05, 0) is 24.4 Å². The first-order chi connectivity index (χ1) is 8.33. The molecule has 0 amide bonds. The summed E-state index contributed by atoms with van der Waals surface area (Å²) in [5.41, 5.74) is 2.98. The number of aromatic nitrogens is 4. The van der Waals surface area contributed by atoms with Crippen LogP contribution >= 0.6 is 12.2 Å². The van der Waals surface area contributed by atoms with Gasteiger partial charge >= 0.3 is 0 Å². The molecule has 0 atom stereocenters. The first kappa shape index (κ1) is 10.0. The van der Waals surface area contributed by atoms with Crippen LogP contribution in [0, 0.1) is 4.77 Å². The van der Waals surface area contributed by atoms with Gasteiger partial charge in [-0.3, -0.25) is 0 Å². The molecular weight excluding hydrogens is 232 g/mol. The van der Waals surface area contributed by atoms with Crippen molar-refractivity contribution in [1.82, 2.24) is 19.7 Å². The number of nitrogens with one attached hydrogen (secondary N) is 2. The highest BCUT2D eigenvalue weighted by molar-refractivity contribution is 7.71. The number of benzene rings is 1. The van der Waals surface area contributed by atoms with E-state index in [0.29, 0.717) is 4.77 Å². The van der Waals surface area contributed by atoms with E-state index in [1.54, 1.807) is 6.20 Å². The number of nitrogens with zero attached hydrogens (tertiary/aromatic N) is 2. The lowest BCUT2D eigenvalue weighted by molar-refractivity contribution is 0.881. The van der Waals surface area contributed by atoms with Crippen molar-refractivity contribution in [2.75, 3.05) is 0 Å². The Kier molecular flexibility index (Phi) is 2.38. The third-order valence-corrected chi connectivity index (χ3v) is 2.73. The molecule has 0 spiro atoms. The van der Waals surface area contributed by atoms with E-state index in [-0.39, 0.29) is 0 Å². The molecule has 0 fully saturated rings. The van der Waals surface area contributed by atoms with E-state index >= 15 is 0 Å². The highest BCUT2D eigenvalue weighted by Crippen LogP contribution is 2.17. The van der Waals surface area contributed by atoms with Gasteiger partial charge in [-0.1, -0.05) is 18.2 Å². The average Bonchev–Trinajstić information content (AvgIpc) is 2.98. The van der Waals surface area contributed by atoms with E-state index in [1.807, 2.05) is 47.4 Å². The van der Waals surface area contributed by atoms with Crippen molar-refractivity contribution in [3.05, 3.63) is 53.7 Å². The smallest absolute Gasteiger partial charge is 0.174 e. The monoisotopic (exact) mass is 242 g/mol. The molecule has 0 unspecified atom stereocenters. The third kappa shape index (κ3) is 1.92. The number of imidazole rings is 1. The lowest BCUT2D eigenvalue weighted by Crippen LogP contribution is -1.92. The molecular formula is C12H10N4S. The molecule has 5 heteroatoms. The first-order valence-electron chi connectivity index (χ1n) is 5.21. The van der Waals surface area contributed by atoms with Crippen LogP contribution in [0.5, 0.6) is 0 Å². The van der Waals surface area contributed by atoms with Crippen LogP contribution in [0.25, 0.3) is 16.9 Å². The maximum absolute atomic E-state index is 4.99. The van der Waals surface area contributed by atoms with E-state index in [0.717, 1.165) is 16.9 Å². The van der Waals surface area contributed by atoms with Crippen LogP contribution in [0.4, 0.5) is 0 Å². The van der Waals surface area contributed by atoms with Crippen LogP contribution in [0.1, 0.15) is 0 Å². The summed E-state index contributed by atoms with van der Waals surface area (Å²) in [5, 5.41) is 4.32. The summed E-state index contributed by atoms with van der Waals surface area (Å²) < 4.78 is 2.45. The Hall–Kier alpha value is -2.14. The third-order valence-electron chi connectivity index (χ3n) is 2.51. The van der Waals surface area contributed by atoms with Crippen molar-refractivity contribution < 1.29 is 0 Å². The molecule has 2 heterocycles. The van der Waals surface area contributed by atoms with Crippen molar-refractivity contribution in [3.63, 3.8) is 0 Å². The molecule has 3 rings (SSSR count). The summed E-state index contributed by atoms with van der Waals surface area (Å²) in [6, 6.07) is 9.98. The summed E-state index contributed by atoms with van der Waals surface area (Å²) in [5.74, 6) is 0. The van der Waals surface area contributed by atoms with E-state index in [9.17, 15) is 0 Å². The Morgan fingerprint density at radius 3 is 2.71 bits per heavy atom. The number of hydrogen-bond donors (Lipinski definition) is 2. The van der Waals surface area contributed by atoms with Gasteiger partial charge < -0.3 is 9.97 Å². The second-order valence-corrected chi connectivity index (χ2v) is 4.07. The molecule has 0 saturated carbocycles. The number of H-pyrrole nitrogens is 2. The first-order valence-corrected chi connectivity index (χ1v) is 5.62. The van der Waals surface area contributed by atoms with Crippen LogP contribution in [0.2, 0.25) is 0 Å². The molecule has 0 aliphatic carbocycles. The zero-order valence-corrected chi connectivity index (χ0v) is 9.74. The van der Waals surface area contributed by atoms with Gasteiger partial charge in [-0.2, -0.15) is 5.10 Å². The van der Waals surface area contributed by atoms with Crippen LogP contribution in [0.15, 0.2) is 48.9 Å². The van der Waals surface area contributed by atoms with Crippen LogP contribution < -0.4 is 0 Å². The van der Waals surface area contributed by atoms with Crippen molar-refractivity contribution in [2.45, 2.75) is 0 Å². The summed E-state index contributed by atoms with van der Waals surface area (Å²) >= 11 is 4.99. The van der Waals surface area contributed by atoms with Crippen molar-refractivity contribution in [3.8, 4) is 16.9 Å². The van der Waals surface area contributed by atoms with E-state index in [4.69, 9.17) is 12.2 Å². The zero-order valence-electron chi connectivity index (χ0n) is 8.92. The summed E-state index contributed by atoms with van der Waals surface area (Å²) in [7, 11) is 0. The molecule has 0 aliphatic heterocycles. The predicted octanol–water partition coefficient (Wildman–Crippen LogP) is 2.92. The second-order valence-electron chi connectivity index (χ2n) is 3.67. The highest BCUT2D eigenvalue weighted by Gasteiger charge is 2.03. The minimum atomic E-state index is 0.618. The second kappa shape index (κ2) is 4.03. The van der Waals surface area contributed by atoms with Gasteiger partial charge in [-0.25, -0.2) is 4.68 Å². The lowest BCUT2D eigenvalue weighted by Gasteiger charge is -1.98. The topological polar surface area (TPSA) is 49.4 Å². The quantitative estimate of drug-likeness (QED) is 0.679. The molecule has 0 bridgehead atoms. The molecule has 2 N–H and O–H groups in total. The van der Waals surface area contributed by atoms with Gasteiger partial charge in [0.1, 0.15) is 0 Å². The molecule has 0 radical (unpaired) electrons. The number of para-hydroxylation sites is 1. The predicted molar refractivity (Wildman–Crippen MR) is 68.5 cm³/mol. The summed E-state index contributed by atoms with van der Waals surface area (Å²) in [6.45, 7) is 0. The van der Waals surface area contributed by atoms with Gasteiger partial charge in [0.2, 0.25) is 0 Å². The number of hydrogen-bond acceptors (Lipinski definition) is 2. The maximum atomic E-state index is 4.99. The highest BCUT2D eigenvalue weighted by atomic mass is 32.1. The molecule has 2 aromatic heterocycles. The molecule has 1 aromatic carbocycles. The summed E-state index contributed by atoms with van der Waals surface area (Å²) in [6.07, 6.45) is 5.61. The maximum Gasteiger partial charge on any atom is 0.174 e. The molecule has 3 aromatic rings. The van der Waals surface area contributed by atoms with Crippen molar-refractivity contribution >= 4 is 12.2 Å². The van der Waals surface area contributed by atoms with Gasteiger partial charge in [0.05, 0.1) is 17.6 Å². The fourth-order valence-corrected chi connectivity index (χ4v) is 1.84. The van der Waals surface area contributed by atoms with Crippen molar-refractivity contribution in [2.24, 2.45) is 0 Å². The summed E-state index contributed by atoms with van der Waals surface area (Å²) in [4.78, 5) is 6.00. The molecule has 84 valence electrons. The van der Waals surface area contributed by atoms with Crippen molar-refractivity contribution in [1.29, 1.82) is 0 Å². The fraction of sp³-hybridized carbons (Fsp3) is 0. The Morgan fingerprint density at radius 2 is 2.00 bits per heavy atom. The molecule has 17 heavy (non-hydrogen) atoms. The minimum Gasteiger partial charge on any atom is -0.337 e. The lowest BCUT2D eigenvalue weighted by atomic mass is 10.3. The molecule has 0 aliphatic rings. The average molecular weight is 242 g/mol. The van der Waals surface area contributed by atoms with Gasteiger partial charge in [0, 0.05) is 18.0 Å². The Bertz CT molecular complexity index is 678. The van der Waals surface area contributed by atoms with Gasteiger partial charge in [-0.15, -0.1) is 0 Å². The van der Waals surface area contributed by atoms with Gasteiger partial charge in [0.15, 0.2) is 4.77 Å². The number of aromatic amines is 2. The zero-order chi connectivity index (χ0) is 11.7. The molecule has 0 saturated heterocycles. The van der Waals surface area contributed by atoms with Crippen LogP contribution in [-0.4, -0.2) is 19.7 Å². The Labute approximate surface area is 103 Å². The van der Waals surface area contributed by atoms with Crippen LogP contribution in [0.3, 0.4) is 0 Å². The van der Waals surface area contributed by atoms with E-state index in [2.05, 4.69) is 15.1 Å². The minimum absolute atomic E-state index is 0.618. The van der Waals surface area contributed by atoms with E-state index in [1.165, 1.54) is 0 Å². The molecule has 4 nitrogen and oxygen atoms in total. The number of rotatable bonds is 2. The Balaban J connectivity index is 2.01. The SMILES string of the molecule is S=c1[nH]cc(-c2cnn(-c3ccccc3)c2)[nH]1. The normalized spacial score (nSPS) is 10.6. The fourth-order valence-electron chi connectivity index (χ4n) is 1.67. The van der Waals surface area contributed by atoms with Crippen LogP contribution in [-0.2, 0) is 0 Å². The Morgan fingerprint density at radius 1 is 1.18 bits per heavy atom. The van der Waals surface area contributed by atoms with Gasteiger partial charge in [0.25, 0.3) is 0 Å². The van der Waals surface area contributed by atoms with E-state index < -0.39 is 0 Å². The standard InChI is InChI=1S/C12H10N4S/c17-12-13-7-11(15-12)9-6-14-16(8-9)10-4-2-1-3-5-10/h1-8H,(H2,13,15,17).